The van der Waals surface area contributed by atoms with E-state index in [4.69, 9.17) is 0 Å². The van der Waals surface area contributed by atoms with Crippen molar-refractivity contribution >= 4 is 0 Å². The summed E-state index contributed by atoms with van der Waals surface area (Å²) in [6.07, 6.45) is 14.0. The highest BCUT2D eigenvalue weighted by Crippen LogP contribution is 2.67. The summed E-state index contributed by atoms with van der Waals surface area (Å²) in [6.45, 7) is 7.62. The Morgan fingerprint density at radius 1 is 0.969 bits per heavy atom. The molecule has 176 valence electrons. The summed E-state index contributed by atoms with van der Waals surface area (Å²) in [5.74, 6) is 3.99. The molecule has 2 nitrogen and oxygen atoms in total. The lowest BCUT2D eigenvalue weighted by atomic mass is 9.47. The minimum atomic E-state index is -0.331. The summed E-state index contributed by atoms with van der Waals surface area (Å²) in [5.41, 5.74) is 3.45. The average molecular weight is 437 g/mol. The molecule has 0 radical (unpaired) electrons. The Hall–Kier alpha value is -1.12. The van der Waals surface area contributed by atoms with Gasteiger partial charge in [-0.25, -0.2) is 0 Å². The molecule has 2 heteroatoms. The van der Waals surface area contributed by atoms with Gasteiger partial charge in [-0.2, -0.15) is 0 Å². The molecule has 4 aliphatic rings. The fraction of sp³-hybridized carbons (Fsp3) is 0.733. The van der Waals surface area contributed by atoms with E-state index in [0.29, 0.717) is 16.7 Å². The Kier molecular flexibility index (Phi) is 6.08. The fourth-order valence-corrected chi connectivity index (χ4v) is 9.08. The highest BCUT2D eigenvalue weighted by atomic mass is 16.3. The van der Waals surface area contributed by atoms with Gasteiger partial charge in [0.25, 0.3) is 0 Å². The molecule has 0 aromatic heterocycles. The van der Waals surface area contributed by atoms with Gasteiger partial charge in [0.05, 0.1) is 12.2 Å². The Morgan fingerprint density at radius 3 is 2.53 bits per heavy atom. The Morgan fingerprint density at radius 2 is 1.75 bits per heavy atom. The standard InChI is InChI=1S/C30H44O2/c1-20(9-14-28(32)21-7-5-4-6-8-21)25-12-13-26-24-11-10-22-19-23(31)15-17-29(22,2)27(24)16-18-30(25,26)3/h4-8,10,20,23-28,31-32H,9,11-19H2,1-3H3/t20-,23?,24+,25-,26+,27+,28?,29+,30-/m1/s1. The first-order valence-corrected chi connectivity index (χ1v) is 13.4. The maximum atomic E-state index is 10.7. The zero-order valence-corrected chi connectivity index (χ0v) is 20.5. The van der Waals surface area contributed by atoms with Crippen LogP contribution in [0.5, 0.6) is 0 Å². The minimum absolute atomic E-state index is 0.109. The zero-order valence-electron chi connectivity index (χ0n) is 20.5. The molecule has 2 N–H and O–H groups in total. The van der Waals surface area contributed by atoms with E-state index in [-0.39, 0.29) is 12.2 Å². The second-order valence-corrected chi connectivity index (χ2v) is 12.4. The fourth-order valence-electron chi connectivity index (χ4n) is 9.08. The SMILES string of the molecule is C[C@H](CCC(O)c1ccccc1)[C@H]1CC[C@H]2[C@@H]3CC=C4CC(O)CC[C@]4(C)[C@H]3CC[C@]12C. The van der Waals surface area contributed by atoms with E-state index in [0.717, 1.165) is 54.9 Å². The number of hydrogen-bond donors (Lipinski definition) is 2. The molecule has 1 aromatic carbocycles. The van der Waals surface area contributed by atoms with E-state index >= 15 is 0 Å². The van der Waals surface area contributed by atoms with Gasteiger partial charge in [-0.1, -0.05) is 62.8 Å². The third kappa shape index (κ3) is 3.70. The summed E-state index contributed by atoms with van der Waals surface area (Å²) >= 11 is 0. The number of benzene rings is 1. The second-order valence-electron chi connectivity index (χ2n) is 12.4. The molecule has 4 aliphatic carbocycles. The molecule has 0 saturated heterocycles. The van der Waals surface area contributed by atoms with Gasteiger partial charge < -0.3 is 10.2 Å². The lowest BCUT2D eigenvalue weighted by Crippen LogP contribution is -2.50. The van der Waals surface area contributed by atoms with Gasteiger partial charge in [0.2, 0.25) is 0 Å². The molecule has 0 heterocycles. The summed E-state index contributed by atoms with van der Waals surface area (Å²) in [7, 11) is 0. The van der Waals surface area contributed by atoms with Crippen LogP contribution in [0.15, 0.2) is 42.0 Å². The van der Waals surface area contributed by atoms with Gasteiger partial charge in [-0.05, 0) is 110 Å². The number of aliphatic hydroxyl groups is 2. The van der Waals surface area contributed by atoms with Crippen molar-refractivity contribution in [1.82, 2.24) is 0 Å². The molecule has 2 unspecified atom stereocenters. The molecule has 0 amide bonds. The lowest BCUT2D eigenvalue weighted by molar-refractivity contribution is -0.0577. The normalized spacial score (nSPS) is 42.9. The van der Waals surface area contributed by atoms with Crippen LogP contribution in [0.2, 0.25) is 0 Å². The topological polar surface area (TPSA) is 40.5 Å². The molecule has 1 aromatic rings. The molecular weight excluding hydrogens is 392 g/mol. The van der Waals surface area contributed by atoms with Gasteiger partial charge in [0.15, 0.2) is 0 Å². The van der Waals surface area contributed by atoms with Crippen molar-refractivity contribution in [3.63, 3.8) is 0 Å². The van der Waals surface area contributed by atoms with E-state index in [1.165, 1.54) is 38.5 Å². The first-order chi connectivity index (χ1) is 15.3. The highest BCUT2D eigenvalue weighted by molar-refractivity contribution is 5.25. The van der Waals surface area contributed by atoms with Gasteiger partial charge in [-0.15, -0.1) is 0 Å². The molecule has 3 fully saturated rings. The molecule has 9 atom stereocenters. The average Bonchev–Trinajstić information content (AvgIpc) is 3.15. The van der Waals surface area contributed by atoms with Crippen LogP contribution in [0.4, 0.5) is 0 Å². The number of rotatable bonds is 5. The van der Waals surface area contributed by atoms with Crippen LogP contribution < -0.4 is 0 Å². The number of hydrogen-bond acceptors (Lipinski definition) is 2. The van der Waals surface area contributed by atoms with E-state index in [1.54, 1.807) is 5.57 Å². The van der Waals surface area contributed by atoms with Crippen molar-refractivity contribution in [3.8, 4) is 0 Å². The van der Waals surface area contributed by atoms with Crippen LogP contribution >= 0.6 is 0 Å². The van der Waals surface area contributed by atoms with Crippen molar-refractivity contribution < 1.29 is 10.2 Å². The van der Waals surface area contributed by atoms with Crippen molar-refractivity contribution in [2.45, 2.75) is 97.2 Å². The first kappa shape index (κ1) is 22.7. The van der Waals surface area contributed by atoms with Crippen molar-refractivity contribution in [2.75, 3.05) is 0 Å². The molecule has 3 saturated carbocycles. The molecular formula is C30H44O2. The molecule has 32 heavy (non-hydrogen) atoms. The first-order valence-electron chi connectivity index (χ1n) is 13.4. The molecule has 0 spiro atoms. The maximum Gasteiger partial charge on any atom is 0.0790 e. The molecule has 0 aliphatic heterocycles. The summed E-state index contributed by atoms with van der Waals surface area (Å²) in [6, 6.07) is 10.2. The predicted molar refractivity (Wildman–Crippen MR) is 131 cm³/mol. The van der Waals surface area contributed by atoms with Crippen LogP contribution in [-0.2, 0) is 0 Å². The van der Waals surface area contributed by atoms with E-state index in [1.807, 2.05) is 18.2 Å². The van der Waals surface area contributed by atoms with Crippen molar-refractivity contribution in [3.05, 3.63) is 47.5 Å². The van der Waals surface area contributed by atoms with E-state index in [9.17, 15) is 10.2 Å². The van der Waals surface area contributed by atoms with E-state index in [2.05, 4.69) is 39.0 Å². The summed E-state index contributed by atoms with van der Waals surface area (Å²) in [5, 5.41) is 20.9. The van der Waals surface area contributed by atoms with Crippen LogP contribution in [0.1, 0.15) is 96.6 Å². The second kappa shape index (κ2) is 8.58. The van der Waals surface area contributed by atoms with Crippen LogP contribution in [0, 0.1) is 40.4 Å². The van der Waals surface area contributed by atoms with Crippen LogP contribution in [0.25, 0.3) is 0 Å². The smallest absolute Gasteiger partial charge is 0.0790 e. The highest BCUT2D eigenvalue weighted by Gasteiger charge is 2.59. The number of aliphatic hydroxyl groups excluding tert-OH is 2. The van der Waals surface area contributed by atoms with Gasteiger partial charge in [0, 0.05) is 0 Å². The maximum absolute atomic E-state index is 10.7. The van der Waals surface area contributed by atoms with E-state index < -0.39 is 0 Å². The molecule has 0 bridgehead atoms. The minimum Gasteiger partial charge on any atom is -0.393 e. The number of allylic oxidation sites excluding steroid dienone is 1. The monoisotopic (exact) mass is 436 g/mol. The summed E-state index contributed by atoms with van der Waals surface area (Å²) < 4.78 is 0. The zero-order chi connectivity index (χ0) is 22.5. The van der Waals surface area contributed by atoms with Gasteiger partial charge in [-0.3, -0.25) is 0 Å². The Labute approximate surface area is 195 Å². The third-order valence-corrected chi connectivity index (χ3v) is 10.9. The number of fused-ring (bicyclic) bond motifs is 5. The third-order valence-electron chi connectivity index (χ3n) is 10.9. The van der Waals surface area contributed by atoms with Crippen LogP contribution in [-0.4, -0.2) is 16.3 Å². The largest absolute Gasteiger partial charge is 0.393 e. The Bertz CT molecular complexity index is 830. The van der Waals surface area contributed by atoms with Crippen molar-refractivity contribution in [1.29, 1.82) is 0 Å². The van der Waals surface area contributed by atoms with Gasteiger partial charge in [0.1, 0.15) is 0 Å². The predicted octanol–water partition coefficient (Wildman–Crippen LogP) is 7.08. The lowest BCUT2D eigenvalue weighted by Gasteiger charge is -2.58. The van der Waals surface area contributed by atoms with Gasteiger partial charge >= 0.3 is 0 Å². The quantitative estimate of drug-likeness (QED) is 0.484. The van der Waals surface area contributed by atoms with Crippen molar-refractivity contribution in [2.24, 2.45) is 40.4 Å². The Balaban J connectivity index is 1.27. The summed E-state index contributed by atoms with van der Waals surface area (Å²) in [4.78, 5) is 0. The molecule has 5 rings (SSSR count). The van der Waals surface area contributed by atoms with Crippen LogP contribution in [0.3, 0.4) is 0 Å².